The van der Waals surface area contributed by atoms with Gasteiger partial charge in [-0.25, -0.2) is 0 Å². The molecule has 0 spiro atoms. The third-order valence-corrected chi connectivity index (χ3v) is 5.10. The van der Waals surface area contributed by atoms with E-state index >= 15 is 0 Å². The van der Waals surface area contributed by atoms with Crippen molar-refractivity contribution in [2.24, 2.45) is 0 Å². The summed E-state index contributed by atoms with van der Waals surface area (Å²) in [7, 11) is 0. The quantitative estimate of drug-likeness (QED) is 0.410. The number of hydrogen-bond donors (Lipinski definition) is 1. The second-order valence-corrected chi connectivity index (χ2v) is 7.65. The van der Waals surface area contributed by atoms with Crippen molar-refractivity contribution in [2.45, 2.75) is 26.2 Å². The number of nitrogens with one attached hydrogen (secondary N) is 1. The molecule has 1 aliphatic rings. The van der Waals surface area contributed by atoms with Crippen LogP contribution in [0.1, 0.15) is 36.5 Å². The molecule has 0 atom stereocenters. The minimum absolute atomic E-state index is 0.0125. The van der Waals surface area contributed by atoms with E-state index in [4.69, 9.17) is 14.2 Å². The van der Waals surface area contributed by atoms with Crippen molar-refractivity contribution in [3.63, 3.8) is 0 Å². The number of amides is 1. The van der Waals surface area contributed by atoms with Gasteiger partial charge in [0.1, 0.15) is 5.75 Å². The average molecular weight is 455 g/mol. The molecule has 176 valence electrons. The van der Waals surface area contributed by atoms with E-state index in [9.17, 15) is 14.4 Å². The van der Waals surface area contributed by atoms with Crippen LogP contribution in [0.15, 0.2) is 48.5 Å². The number of esters is 1. The second kappa shape index (κ2) is 12.6. The van der Waals surface area contributed by atoms with Crippen LogP contribution in [-0.2, 0) is 19.1 Å². The van der Waals surface area contributed by atoms with Crippen LogP contribution in [0.3, 0.4) is 0 Å². The molecular formula is C25H30N2O6. The zero-order chi connectivity index (χ0) is 23.5. The van der Waals surface area contributed by atoms with E-state index in [0.29, 0.717) is 36.8 Å². The van der Waals surface area contributed by atoms with E-state index in [1.807, 2.05) is 31.2 Å². The number of rotatable bonds is 11. The molecule has 0 aromatic heterocycles. The smallest absolute Gasteiger partial charge is 0.306 e. The first kappa shape index (κ1) is 24.3. The molecule has 8 heteroatoms. The van der Waals surface area contributed by atoms with Crippen LogP contribution in [0, 0.1) is 0 Å². The van der Waals surface area contributed by atoms with Gasteiger partial charge in [-0.1, -0.05) is 6.92 Å². The van der Waals surface area contributed by atoms with Crippen molar-refractivity contribution < 1.29 is 28.6 Å². The van der Waals surface area contributed by atoms with E-state index in [1.165, 1.54) is 0 Å². The molecule has 0 saturated carbocycles. The van der Waals surface area contributed by atoms with E-state index in [0.717, 1.165) is 25.2 Å². The highest BCUT2D eigenvalue weighted by atomic mass is 16.5. The van der Waals surface area contributed by atoms with Crippen LogP contribution < -0.4 is 15.0 Å². The number of nitrogens with zero attached hydrogens (tertiary/aromatic N) is 1. The summed E-state index contributed by atoms with van der Waals surface area (Å²) < 4.78 is 15.8. The first-order valence-electron chi connectivity index (χ1n) is 11.2. The van der Waals surface area contributed by atoms with E-state index in [1.54, 1.807) is 24.3 Å². The molecule has 1 saturated heterocycles. The van der Waals surface area contributed by atoms with Gasteiger partial charge in [0.05, 0.1) is 26.2 Å². The molecule has 8 nitrogen and oxygen atoms in total. The fraction of sp³-hybridized carbons (Fsp3) is 0.400. The number of ether oxygens (including phenoxy) is 3. The van der Waals surface area contributed by atoms with Gasteiger partial charge < -0.3 is 24.4 Å². The second-order valence-electron chi connectivity index (χ2n) is 7.65. The summed E-state index contributed by atoms with van der Waals surface area (Å²) in [6.07, 6.45) is 0.828. The van der Waals surface area contributed by atoms with Crippen molar-refractivity contribution in [3.05, 3.63) is 54.1 Å². The predicted octanol–water partition coefficient (Wildman–Crippen LogP) is 3.46. The summed E-state index contributed by atoms with van der Waals surface area (Å²) in [5.41, 5.74) is 2.19. The zero-order valence-electron chi connectivity index (χ0n) is 18.9. The van der Waals surface area contributed by atoms with Gasteiger partial charge >= 0.3 is 5.97 Å². The molecule has 1 heterocycles. The van der Waals surface area contributed by atoms with Crippen molar-refractivity contribution in [2.75, 3.05) is 49.7 Å². The molecule has 0 radical (unpaired) electrons. The maximum Gasteiger partial charge on any atom is 0.306 e. The fourth-order valence-electron chi connectivity index (χ4n) is 3.31. The normalized spacial score (nSPS) is 13.3. The van der Waals surface area contributed by atoms with Gasteiger partial charge in [0.25, 0.3) is 5.91 Å². The van der Waals surface area contributed by atoms with E-state index in [-0.39, 0.29) is 18.6 Å². The highest BCUT2D eigenvalue weighted by Gasteiger charge is 2.14. The Morgan fingerprint density at radius 3 is 2.33 bits per heavy atom. The lowest BCUT2D eigenvalue weighted by Crippen LogP contribution is -2.36. The van der Waals surface area contributed by atoms with Crippen LogP contribution in [0.4, 0.5) is 11.4 Å². The Balaban J connectivity index is 1.36. The molecule has 2 aromatic carbocycles. The number of Topliss-reactive ketones (excluding diaryl/α,β-unsaturated/α-hetero) is 1. The summed E-state index contributed by atoms with van der Waals surface area (Å²) >= 11 is 0. The predicted molar refractivity (Wildman–Crippen MR) is 125 cm³/mol. The van der Waals surface area contributed by atoms with Gasteiger partial charge in [-0.3, -0.25) is 14.4 Å². The Bertz CT molecular complexity index is 921. The molecule has 0 aliphatic carbocycles. The highest BCUT2D eigenvalue weighted by Crippen LogP contribution is 2.19. The van der Waals surface area contributed by atoms with Gasteiger partial charge in [-0.15, -0.1) is 0 Å². The first-order chi connectivity index (χ1) is 16.0. The Morgan fingerprint density at radius 2 is 1.67 bits per heavy atom. The topological polar surface area (TPSA) is 94.2 Å². The van der Waals surface area contributed by atoms with Crippen LogP contribution in [0.25, 0.3) is 0 Å². The first-order valence-corrected chi connectivity index (χ1v) is 11.2. The summed E-state index contributed by atoms with van der Waals surface area (Å²) in [5, 5.41) is 2.70. The molecule has 1 aliphatic heterocycles. The summed E-state index contributed by atoms with van der Waals surface area (Å²) in [6.45, 7) is 5.32. The number of anilines is 2. The summed E-state index contributed by atoms with van der Waals surface area (Å²) in [5.74, 6) is -0.492. The Morgan fingerprint density at radius 1 is 0.970 bits per heavy atom. The summed E-state index contributed by atoms with van der Waals surface area (Å²) in [4.78, 5) is 38.5. The minimum Gasteiger partial charge on any atom is -0.494 e. The Hall–Kier alpha value is -3.39. The number of carbonyl (C=O) groups is 3. The standard InChI is InChI=1S/C25H30N2O6/c1-2-15-32-22-9-3-19(4-10-22)23(28)11-12-25(30)33-18-24(29)26-20-5-7-21(8-6-20)27-13-16-31-17-14-27/h3-10H,2,11-18H2,1H3,(H,26,29). The number of hydrogen-bond acceptors (Lipinski definition) is 7. The lowest BCUT2D eigenvalue weighted by Gasteiger charge is -2.28. The lowest BCUT2D eigenvalue weighted by atomic mass is 10.1. The third-order valence-electron chi connectivity index (χ3n) is 5.10. The average Bonchev–Trinajstić information content (AvgIpc) is 2.86. The van der Waals surface area contributed by atoms with Gasteiger partial charge in [0, 0.05) is 36.4 Å². The van der Waals surface area contributed by atoms with Gasteiger partial charge in [-0.05, 0) is 55.0 Å². The van der Waals surface area contributed by atoms with Gasteiger partial charge in [0.2, 0.25) is 0 Å². The molecular weight excluding hydrogens is 424 g/mol. The van der Waals surface area contributed by atoms with Gasteiger partial charge in [-0.2, -0.15) is 0 Å². The van der Waals surface area contributed by atoms with Crippen molar-refractivity contribution in [1.82, 2.24) is 0 Å². The third kappa shape index (κ3) is 7.91. The molecule has 2 aromatic rings. The largest absolute Gasteiger partial charge is 0.494 e. The lowest BCUT2D eigenvalue weighted by molar-refractivity contribution is -0.147. The van der Waals surface area contributed by atoms with Crippen LogP contribution in [0.5, 0.6) is 5.75 Å². The summed E-state index contributed by atoms with van der Waals surface area (Å²) in [6, 6.07) is 14.3. The molecule has 33 heavy (non-hydrogen) atoms. The number of morpholine rings is 1. The SMILES string of the molecule is CCCOc1ccc(C(=O)CCC(=O)OCC(=O)Nc2ccc(N3CCOCC3)cc2)cc1. The van der Waals surface area contributed by atoms with E-state index < -0.39 is 18.5 Å². The molecule has 0 unspecified atom stereocenters. The van der Waals surface area contributed by atoms with E-state index in [2.05, 4.69) is 10.2 Å². The van der Waals surface area contributed by atoms with Crippen LogP contribution in [-0.4, -0.2) is 57.2 Å². The molecule has 3 rings (SSSR count). The van der Waals surface area contributed by atoms with Crippen molar-refractivity contribution in [3.8, 4) is 5.75 Å². The number of carbonyl (C=O) groups excluding carboxylic acids is 3. The maximum absolute atomic E-state index is 12.3. The van der Waals surface area contributed by atoms with Crippen molar-refractivity contribution in [1.29, 1.82) is 0 Å². The molecule has 1 N–H and O–H groups in total. The monoisotopic (exact) mass is 454 g/mol. The number of benzene rings is 2. The highest BCUT2D eigenvalue weighted by molar-refractivity contribution is 5.98. The van der Waals surface area contributed by atoms with Gasteiger partial charge in [0.15, 0.2) is 12.4 Å². The van der Waals surface area contributed by atoms with Crippen molar-refractivity contribution >= 4 is 29.0 Å². The molecule has 1 amide bonds. The Kier molecular flexibility index (Phi) is 9.26. The van der Waals surface area contributed by atoms with Crippen LogP contribution in [0.2, 0.25) is 0 Å². The van der Waals surface area contributed by atoms with Crippen LogP contribution >= 0.6 is 0 Å². The zero-order valence-corrected chi connectivity index (χ0v) is 18.9. The molecule has 1 fully saturated rings. The Labute approximate surface area is 193 Å². The minimum atomic E-state index is -0.593. The molecule has 0 bridgehead atoms. The number of ketones is 1. The fourth-order valence-corrected chi connectivity index (χ4v) is 3.31. The maximum atomic E-state index is 12.3.